The van der Waals surface area contributed by atoms with Crippen molar-refractivity contribution in [3.05, 3.63) is 65.7 Å². The standard InChI is InChI=1S/C22H24N2O6/c1-3-29-22(28)17-11-7-8-12-18(17)24-20(26)14-30-21(27)13-19(23-15(2)25)16-9-5-4-6-10-16/h4-12,19H,3,13-14H2,1-2H3,(H,23,25)(H,24,26)/t19-/m0/s1. The summed E-state index contributed by atoms with van der Waals surface area (Å²) in [6.07, 6.45) is -0.129. The van der Waals surface area contributed by atoms with Crippen molar-refractivity contribution in [2.45, 2.75) is 26.3 Å². The number of hydrogen-bond acceptors (Lipinski definition) is 6. The van der Waals surface area contributed by atoms with Gasteiger partial charge in [-0.1, -0.05) is 42.5 Å². The molecule has 0 radical (unpaired) electrons. The Labute approximate surface area is 174 Å². The number of amides is 2. The van der Waals surface area contributed by atoms with E-state index in [1.807, 2.05) is 6.07 Å². The van der Waals surface area contributed by atoms with Crippen LogP contribution in [-0.2, 0) is 23.9 Å². The van der Waals surface area contributed by atoms with Crippen molar-refractivity contribution < 1.29 is 28.7 Å². The van der Waals surface area contributed by atoms with E-state index >= 15 is 0 Å². The molecule has 0 saturated carbocycles. The smallest absolute Gasteiger partial charge is 0.340 e. The molecule has 2 aromatic carbocycles. The third kappa shape index (κ3) is 7.05. The molecule has 0 aliphatic rings. The minimum Gasteiger partial charge on any atom is -0.462 e. The molecule has 2 aromatic rings. The van der Waals surface area contributed by atoms with E-state index in [2.05, 4.69) is 10.6 Å². The normalized spacial score (nSPS) is 11.1. The van der Waals surface area contributed by atoms with E-state index in [4.69, 9.17) is 9.47 Å². The molecular weight excluding hydrogens is 388 g/mol. The maximum Gasteiger partial charge on any atom is 0.340 e. The number of ether oxygens (including phenoxy) is 2. The number of hydrogen-bond donors (Lipinski definition) is 2. The second-order valence-corrected chi connectivity index (χ2v) is 6.34. The zero-order valence-corrected chi connectivity index (χ0v) is 16.8. The van der Waals surface area contributed by atoms with Gasteiger partial charge in [0, 0.05) is 6.92 Å². The molecule has 0 heterocycles. The predicted octanol–water partition coefficient (Wildman–Crippen LogP) is 2.61. The van der Waals surface area contributed by atoms with E-state index < -0.39 is 30.5 Å². The number of rotatable bonds is 9. The lowest BCUT2D eigenvalue weighted by Crippen LogP contribution is -2.29. The van der Waals surface area contributed by atoms with Crippen molar-refractivity contribution in [1.82, 2.24) is 5.32 Å². The molecule has 158 valence electrons. The molecule has 0 saturated heterocycles. The van der Waals surface area contributed by atoms with E-state index in [1.165, 1.54) is 13.0 Å². The summed E-state index contributed by atoms with van der Waals surface area (Å²) in [5.74, 6) is -2.10. The highest BCUT2D eigenvalue weighted by atomic mass is 16.5. The van der Waals surface area contributed by atoms with Gasteiger partial charge < -0.3 is 20.1 Å². The lowest BCUT2D eigenvalue weighted by molar-refractivity contribution is -0.148. The van der Waals surface area contributed by atoms with Gasteiger partial charge in [-0.05, 0) is 24.6 Å². The third-order valence-corrected chi connectivity index (χ3v) is 4.01. The SMILES string of the molecule is CCOC(=O)c1ccccc1NC(=O)COC(=O)C[C@H](NC(C)=O)c1ccccc1. The number of carbonyl (C=O) groups is 4. The molecule has 0 aromatic heterocycles. The van der Waals surface area contributed by atoms with E-state index in [0.717, 1.165) is 5.56 Å². The second-order valence-electron chi connectivity index (χ2n) is 6.34. The molecule has 8 heteroatoms. The van der Waals surface area contributed by atoms with Crippen LogP contribution in [0.1, 0.15) is 42.2 Å². The van der Waals surface area contributed by atoms with Crippen LogP contribution in [-0.4, -0.2) is 37.0 Å². The average Bonchev–Trinajstić information content (AvgIpc) is 2.72. The maximum atomic E-state index is 12.2. The Morgan fingerprint density at radius 1 is 0.933 bits per heavy atom. The van der Waals surface area contributed by atoms with Gasteiger partial charge in [0.05, 0.1) is 30.3 Å². The molecule has 1 atom stereocenters. The van der Waals surface area contributed by atoms with Crippen LogP contribution in [0.5, 0.6) is 0 Å². The van der Waals surface area contributed by atoms with Gasteiger partial charge in [-0.25, -0.2) is 4.79 Å². The van der Waals surface area contributed by atoms with Crippen LogP contribution >= 0.6 is 0 Å². The molecule has 0 aliphatic heterocycles. The summed E-state index contributed by atoms with van der Waals surface area (Å²) >= 11 is 0. The summed E-state index contributed by atoms with van der Waals surface area (Å²) in [7, 11) is 0. The number of anilines is 1. The van der Waals surface area contributed by atoms with Crippen LogP contribution in [0.2, 0.25) is 0 Å². The monoisotopic (exact) mass is 412 g/mol. The fourth-order valence-corrected chi connectivity index (χ4v) is 2.72. The van der Waals surface area contributed by atoms with Crippen molar-refractivity contribution in [3.63, 3.8) is 0 Å². The number of benzene rings is 2. The van der Waals surface area contributed by atoms with Gasteiger partial charge in [0.1, 0.15) is 0 Å². The van der Waals surface area contributed by atoms with E-state index in [-0.39, 0.29) is 30.2 Å². The minimum atomic E-state index is -0.647. The fourth-order valence-electron chi connectivity index (χ4n) is 2.72. The topological polar surface area (TPSA) is 111 Å². The van der Waals surface area contributed by atoms with Gasteiger partial charge in [0.25, 0.3) is 5.91 Å². The Bertz CT molecular complexity index is 898. The quantitative estimate of drug-likeness (QED) is 0.613. The molecule has 0 unspecified atom stereocenters. The highest BCUT2D eigenvalue weighted by Crippen LogP contribution is 2.18. The largest absolute Gasteiger partial charge is 0.462 e. The third-order valence-electron chi connectivity index (χ3n) is 4.01. The fraction of sp³-hybridized carbons (Fsp3) is 0.273. The Hall–Kier alpha value is -3.68. The van der Waals surface area contributed by atoms with Gasteiger partial charge in [-0.3, -0.25) is 14.4 Å². The first-order valence-electron chi connectivity index (χ1n) is 9.44. The van der Waals surface area contributed by atoms with Gasteiger partial charge in [-0.15, -0.1) is 0 Å². The zero-order chi connectivity index (χ0) is 21.9. The molecule has 2 N–H and O–H groups in total. The first kappa shape index (κ1) is 22.6. The number of nitrogens with one attached hydrogen (secondary N) is 2. The number of carbonyl (C=O) groups excluding carboxylic acids is 4. The summed E-state index contributed by atoms with van der Waals surface area (Å²) in [4.78, 5) is 47.8. The number of esters is 2. The molecule has 2 amide bonds. The van der Waals surface area contributed by atoms with Gasteiger partial charge >= 0.3 is 11.9 Å². The van der Waals surface area contributed by atoms with E-state index in [9.17, 15) is 19.2 Å². The lowest BCUT2D eigenvalue weighted by atomic mass is 10.0. The van der Waals surface area contributed by atoms with Crippen molar-refractivity contribution in [1.29, 1.82) is 0 Å². The van der Waals surface area contributed by atoms with Crippen LogP contribution in [0.25, 0.3) is 0 Å². The number of para-hydroxylation sites is 1. The van der Waals surface area contributed by atoms with Gasteiger partial charge in [0.15, 0.2) is 6.61 Å². The van der Waals surface area contributed by atoms with Crippen LogP contribution in [0, 0.1) is 0 Å². The Kier molecular flexibility index (Phi) is 8.56. The Morgan fingerprint density at radius 2 is 1.60 bits per heavy atom. The summed E-state index contributed by atoms with van der Waals surface area (Å²) in [5, 5.41) is 5.23. The molecule has 0 aliphatic carbocycles. The first-order valence-corrected chi connectivity index (χ1v) is 9.44. The highest BCUT2D eigenvalue weighted by Gasteiger charge is 2.19. The molecule has 0 bridgehead atoms. The Balaban J connectivity index is 1.93. The van der Waals surface area contributed by atoms with Gasteiger partial charge in [0.2, 0.25) is 5.91 Å². The van der Waals surface area contributed by atoms with Crippen molar-refractivity contribution in [3.8, 4) is 0 Å². The average molecular weight is 412 g/mol. The molecule has 8 nitrogen and oxygen atoms in total. The van der Waals surface area contributed by atoms with Crippen molar-refractivity contribution in [2.75, 3.05) is 18.5 Å². The van der Waals surface area contributed by atoms with E-state index in [1.54, 1.807) is 49.4 Å². The molecule has 2 rings (SSSR count). The summed E-state index contributed by atoms with van der Waals surface area (Å²) in [6, 6.07) is 14.8. The van der Waals surface area contributed by atoms with E-state index in [0.29, 0.717) is 0 Å². The zero-order valence-electron chi connectivity index (χ0n) is 16.8. The summed E-state index contributed by atoms with van der Waals surface area (Å²) in [6.45, 7) is 2.71. The highest BCUT2D eigenvalue weighted by molar-refractivity contribution is 6.01. The van der Waals surface area contributed by atoms with Crippen LogP contribution in [0.15, 0.2) is 54.6 Å². The maximum absolute atomic E-state index is 12.2. The van der Waals surface area contributed by atoms with Crippen molar-refractivity contribution in [2.24, 2.45) is 0 Å². The Morgan fingerprint density at radius 3 is 2.27 bits per heavy atom. The minimum absolute atomic E-state index is 0.129. The second kappa shape index (κ2) is 11.4. The molecule has 0 spiro atoms. The van der Waals surface area contributed by atoms with Crippen molar-refractivity contribution >= 4 is 29.4 Å². The molecular formula is C22H24N2O6. The van der Waals surface area contributed by atoms with Gasteiger partial charge in [-0.2, -0.15) is 0 Å². The summed E-state index contributed by atoms with van der Waals surface area (Å²) < 4.78 is 9.99. The van der Waals surface area contributed by atoms with Crippen LogP contribution in [0.4, 0.5) is 5.69 Å². The van der Waals surface area contributed by atoms with Crippen LogP contribution in [0.3, 0.4) is 0 Å². The van der Waals surface area contributed by atoms with Crippen LogP contribution < -0.4 is 10.6 Å². The first-order chi connectivity index (χ1) is 14.4. The predicted molar refractivity (Wildman–Crippen MR) is 110 cm³/mol. The lowest BCUT2D eigenvalue weighted by Gasteiger charge is -2.17. The summed E-state index contributed by atoms with van der Waals surface area (Å²) in [5.41, 5.74) is 1.21. The molecule has 30 heavy (non-hydrogen) atoms. The molecule has 0 fully saturated rings.